The molecule has 2 nitrogen and oxygen atoms in total. The summed E-state index contributed by atoms with van der Waals surface area (Å²) in [6.07, 6.45) is 6.14. The van der Waals surface area contributed by atoms with Gasteiger partial charge in [-0.1, -0.05) is 19.9 Å². The smallest absolute Gasteiger partial charge is 0.0889 e. The third-order valence-corrected chi connectivity index (χ3v) is 3.94. The molecule has 1 aliphatic carbocycles. The zero-order chi connectivity index (χ0) is 11.2. The lowest BCUT2D eigenvalue weighted by Gasteiger charge is -2.20. The van der Waals surface area contributed by atoms with Crippen LogP contribution in [-0.2, 0) is 5.41 Å². The Balaban J connectivity index is 2.12. The van der Waals surface area contributed by atoms with E-state index in [1.54, 1.807) is 12.4 Å². The second kappa shape index (κ2) is 3.27. The summed E-state index contributed by atoms with van der Waals surface area (Å²) in [6, 6.07) is 6.54. The summed E-state index contributed by atoms with van der Waals surface area (Å²) in [7, 11) is 0. The normalized spacial score (nSPS) is 17.9. The van der Waals surface area contributed by atoms with Crippen molar-refractivity contribution in [1.29, 1.82) is 0 Å². The molecule has 82 valence electrons. The van der Waals surface area contributed by atoms with Gasteiger partial charge < -0.3 is 0 Å². The van der Waals surface area contributed by atoms with E-state index in [-0.39, 0.29) is 0 Å². The number of hydrogen-bond donors (Lipinski definition) is 0. The number of aromatic nitrogens is 2. The van der Waals surface area contributed by atoms with Crippen LogP contribution in [0.25, 0.3) is 11.0 Å². The fraction of sp³-hybridized carbons (Fsp3) is 0.429. The standard InChI is InChI=1S/C14H16N2/c1-10(2)14(5-6-14)11-3-4-12-13(9-11)16-8-7-15-12/h3-4,7-10H,5-6H2,1-2H3. The lowest BCUT2D eigenvalue weighted by atomic mass is 9.85. The van der Waals surface area contributed by atoms with E-state index in [1.165, 1.54) is 18.4 Å². The van der Waals surface area contributed by atoms with E-state index < -0.39 is 0 Å². The van der Waals surface area contributed by atoms with E-state index >= 15 is 0 Å². The van der Waals surface area contributed by atoms with E-state index in [2.05, 4.69) is 42.0 Å². The summed E-state index contributed by atoms with van der Waals surface area (Å²) in [5, 5.41) is 0. The zero-order valence-corrected chi connectivity index (χ0v) is 9.77. The second-order valence-electron chi connectivity index (χ2n) is 5.07. The summed E-state index contributed by atoms with van der Waals surface area (Å²) in [6.45, 7) is 4.63. The molecule has 2 heteroatoms. The average molecular weight is 212 g/mol. The molecule has 0 radical (unpaired) electrons. The van der Waals surface area contributed by atoms with Gasteiger partial charge in [0.25, 0.3) is 0 Å². The van der Waals surface area contributed by atoms with Gasteiger partial charge >= 0.3 is 0 Å². The number of fused-ring (bicyclic) bond motifs is 1. The molecule has 0 aliphatic heterocycles. The minimum atomic E-state index is 0.422. The number of nitrogens with zero attached hydrogens (tertiary/aromatic N) is 2. The quantitative estimate of drug-likeness (QED) is 0.763. The van der Waals surface area contributed by atoms with Crippen LogP contribution in [0, 0.1) is 5.92 Å². The first kappa shape index (κ1) is 9.76. The monoisotopic (exact) mass is 212 g/mol. The van der Waals surface area contributed by atoms with Crippen LogP contribution in [-0.4, -0.2) is 9.97 Å². The largest absolute Gasteiger partial charge is 0.253 e. The van der Waals surface area contributed by atoms with E-state index in [0.717, 1.165) is 11.0 Å². The Morgan fingerprint density at radius 1 is 1.06 bits per heavy atom. The Hall–Kier alpha value is -1.44. The zero-order valence-electron chi connectivity index (χ0n) is 9.77. The van der Waals surface area contributed by atoms with E-state index in [4.69, 9.17) is 0 Å². The van der Waals surface area contributed by atoms with Crippen LogP contribution in [0.2, 0.25) is 0 Å². The average Bonchev–Trinajstić information content (AvgIpc) is 3.09. The predicted octanol–water partition coefficient (Wildman–Crippen LogP) is 3.32. The van der Waals surface area contributed by atoms with Crippen molar-refractivity contribution in [3.8, 4) is 0 Å². The van der Waals surface area contributed by atoms with Crippen molar-refractivity contribution in [2.75, 3.05) is 0 Å². The Labute approximate surface area is 95.7 Å². The highest BCUT2D eigenvalue weighted by molar-refractivity contribution is 5.75. The Bertz CT molecular complexity index is 527. The highest BCUT2D eigenvalue weighted by Crippen LogP contribution is 2.53. The molecular weight excluding hydrogens is 196 g/mol. The first-order valence-corrected chi connectivity index (χ1v) is 5.94. The van der Waals surface area contributed by atoms with Gasteiger partial charge in [0.05, 0.1) is 11.0 Å². The molecule has 1 fully saturated rings. The molecule has 1 aromatic heterocycles. The summed E-state index contributed by atoms with van der Waals surface area (Å²) < 4.78 is 0. The van der Waals surface area contributed by atoms with Gasteiger partial charge in [-0.25, -0.2) is 0 Å². The molecule has 0 amide bonds. The van der Waals surface area contributed by atoms with Crippen molar-refractivity contribution in [1.82, 2.24) is 9.97 Å². The van der Waals surface area contributed by atoms with Crippen LogP contribution >= 0.6 is 0 Å². The topological polar surface area (TPSA) is 25.8 Å². The fourth-order valence-electron chi connectivity index (χ4n) is 2.61. The van der Waals surface area contributed by atoms with Crippen LogP contribution in [0.1, 0.15) is 32.3 Å². The summed E-state index contributed by atoms with van der Waals surface area (Å²) in [4.78, 5) is 8.69. The van der Waals surface area contributed by atoms with E-state index in [1.807, 2.05) is 0 Å². The lowest BCUT2D eigenvalue weighted by molar-refractivity contribution is 0.481. The summed E-state index contributed by atoms with van der Waals surface area (Å²) >= 11 is 0. The van der Waals surface area contributed by atoms with Crippen molar-refractivity contribution < 1.29 is 0 Å². The molecular formula is C14H16N2. The third-order valence-electron chi connectivity index (χ3n) is 3.94. The van der Waals surface area contributed by atoms with Gasteiger partial charge in [-0.2, -0.15) is 0 Å². The van der Waals surface area contributed by atoms with Crippen LogP contribution in [0.3, 0.4) is 0 Å². The van der Waals surface area contributed by atoms with Crippen LogP contribution in [0.5, 0.6) is 0 Å². The number of rotatable bonds is 2. The Morgan fingerprint density at radius 2 is 1.75 bits per heavy atom. The molecule has 0 N–H and O–H groups in total. The maximum absolute atomic E-state index is 4.38. The molecule has 1 aliphatic rings. The summed E-state index contributed by atoms with van der Waals surface area (Å²) in [5.74, 6) is 0.710. The fourth-order valence-corrected chi connectivity index (χ4v) is 2.61. The predicted molar refractivity (Wildman–Crippen MR) is 65.3 cm³/mol. The van der Waals surface area contributed by atoms with Gasteiger partial charge in [-0.05, 0) is 41.9 Å². The lowest BCUT2D eigenvalue weighted by Crippen LogP contribution is -2.14. The van der Waals surface area contributed by atoms with Crippen molar-refractivity contribution >= 4 is 11.0 Å². The molecule has 1 heterocycles. The Morgan fingerprint density at radius 3 is 2.38 bits per heavy atom. The maximum atomic E-state index is 4.38. The molecule has 0 atom stereocenters. The van der Waals surface area contributed by atoms with Gasteiger partial charge in [-0.15, -0.1) is 0 Å². The summed E-state index contributed by atoms with van der Waals surface area (Å²) in [5.41, 5.74) is 3.87. The van der Waals surface area contributed by atoms with Crippen molar-refractivity contribution in [3.63, 3.8) is 0 Å². The maximum Gasteiger partial charge on any atom is 0.0889 e. The molecule has 2 aromatic rings. The first-order chi connectivity index (χ1) is 7.72. The molecule has 16 heavy (non-hydrogen) atoms. The molecule has 0 unspecified atom stereocenters. The minimum absolute atomic E-state index is 0.422. The van der Waals surface area contributed by atoms with Crippen molar-refractivity contribution in [2.24, 2.45) is 5.92 Å². The van der Waals surface area contributed by atoms with E-state index in [9.17, 15) is 0 Å². The van der Waals surface area contributed by atoms with E-state index in [0.29, 0.717) is 11.3 Å². The molecule has 0 saturated heterocycles. The molecule has 0 bridgehead atoms. The number of benzene rings is 1. The van der Waals surface area contributed by atoms with Crippen LogP contribution in [0.15, 0.2) is 30.6 Å². The van der Waals surface area contributed by atoms with Gasteiger partial charge in [0, 0.05) is 12.4 Å². The van der Waals surface area contributed by atoms with Gasteiger partial charge in [0.1, 0.15) is 0 Å². The first-order valence-electron chi connectivity index (χ1n) is 5.94. The molecule has 0 spiro atoms. The Kier molecular flexibility index (Phi) is 2.00. The number of hydrogen-bond acceptors (Lipinski definition) is 2. The van der Waals surface area contributed by atoms with Gasteiger partial charge in [0.2, 0.25) is 0 Å². The SMILES string of the molecule is CC(C)C1(c2ccc3nccnc3c2)CC1. The van der Waals surface area contributed by atoms with Gasteiger partial charge in [-0.3, -0.25) is 9.97 Å². The third kappa shape index (κ3) is 1.33. The van der Waals surface area contributed by atoms with Crippen LogP contribution < -0.4 is 0 Å². The minimum Gasteiger partial charge on any atom is -0.253 e. The van der Waals surface area contributed by atoms with Crippen molar-refractivity contribution in [3.05, 3.63) is 36.2 Å². The molecule has 1 saturated carbocycles. The molecule has 1 aromatic carbocycles. The van der Waals surface area contributed by atoms with Crippen molar-refractivity contribution in [2.45, 2.75) is 32.1 Å². The van der Waals surface area contributed by atoms with Gasteiger partial charge in [0.15, 0.2) is 0 Å². The highest BCUT2D eigenvalue weighted by atomic mass is 14.8. The molecule has 3 rings (SSSR count). The second-order valence-corrected chi connectivity index (χ2v) is 5.07. The highest BCUT2D eigenvalue weighted by Gasteiger charge is 2.46. The van der Waals surface area contributed by atoms with Crippen LogP contribution in [0.4, 0.5) is 0 Å².